The summed E-state index contributed by atoms with van der Waals surface area (Å²) in [6.07, 6.45) is 2.97. The van der Waals surface area contributed by atoms with Crippen molar-refractivity contribution < 1.29 is 23.9 Å². The second-order valence-electron chi connectivity index (χ2n) is 9.16. The van der Waals surface area contributed by atoms with Gasteiger partial charge in [-0.25, -0.2) is 9.59 Å². The highest BCUT2D eigenvalue weighted by Crippen LogP contribution is 2.33. The topological polar surface area (TPSA) is 84.9 Å². The Labute approximate surface area is 155 Å². The van der Waals surface area contributed by atoms with E-state index in [0.717, 1.165) is 19.3 Å². The van der Waals surface area contributed by atoms with E-state index >= 15 is 0 Å². The smallest absolute Gasteiger partial charge is 0.408 e. The van der Waals surface area contributed by atoms with Gasteiger partial charge in [0.05, 0.1) is 0 Å². The van der Waals surface area contributed by atoms with E-state index in [2.05, 4.69) is 5.32 Å². The highest BCUT2D eigenvalue weighted by Gasteiger charge is 2.46. The van der Waals surface area contributed by atoms with Crippen molar-refractivity contribution in [1.29, 1.82) is 0 Å². The fraction of sp³-hybridized carbons (Fsp3) is 0.842. The second-order valence-corrected chi connectivity index (χ2v) is 9.16. The molecule has 7 nitrogen and oxygen atoms in total. The van der Waals surface area contributed by atoms with Gasteiger partial charge in [-0.3, -0.25) is 4.79 Å². The van der Waals surface area contributed by atoms with Crippen LogP contribution in [-0.4, -0.2) is 52.2 Å². The molecule has 2 aliphatic heterocycles. The molecular formula is C19H32N2O5. The van der Waals surface area contributed by atoms with Crippen molar-refractivity contribution in [2.24, 2.45) is 0 Å². The monoisotopic (exact) mass is 368 g/mol. The minimum Gasteiger partial charge on any atom is -0.458 e. The quantitative estimate of drug-likeness (QED) is 0.758. The molecule has 0 radical (unpaired) electrons. The van der Waals surface area contributed by atoms with Gasteiger partial charge in [-0.15, -0.1) is 0 Å². The van der Waals surface area contributed by atoms with E-state index in [1.54, 1.807) is 25.7 Å². The second kappa shape index (κ2) is 7.45. The van der Waals surface area contributed by atoms with E-state index < -0.39 is 29.4 Å². The van der Waals surface area contributed by atoms with E-state index in [1.165, 1.54) is 0 Å². The van der Waals surface area contributed by atoms with Crippen LogP contribution in [0.1, 0.15) is 73.6 Å². The molecule has 3 atom stereocenters. The summed E-state index contributed by atoms with van der Waals surface area (Å²) in [5, 5.41) is 2.68. The summed E-state index contributed by atoms with van der Waals surface area (Å²) in [6, 6.07) is -1.21. The third kappa shape index (κ3) is 5.35. The average Bonchev–Trinajstić information content (AvgIpc) is 2.79. The van der Waals surface area contributed by atoms with Gasteiger partial charge in [-0.1, -0.05) is 0 Å². The maximum Gasteiger partial charge on any atom is 0.408 e. The molecule has 0 bridgehead atoms. The summed E-state index contributed by atoms with van der Waals surface area (Å²) >= 11 is 0. The Kier molecular flexibility index (Phi) is 5.88. The van der Waals surface area contributed by atoms with Gasteiger partial charge in [-0.05, 0) is 73.6 Å². The molecule has 2 amide bonds. The van der Waals surface area contributed by atoms with Crippen LogP contribution in [0, 0.1) is 0 Å². The maximum absolute atomic E-state index is 13.1. The Bertz CT molecular complexity index is 561. The minimum atomic E-state index is -0.669. The number of esters is 1. The summed E-state index contributed by atoms with van der Waals surface area (Å²) in [7, 11) is 0. The molecule has 7 heteroatoms. The zero-order chi connectivity index (χ0) is 19.7. The molecule has 0 unspecified atom stereocenters. The predicted molar refractivity (Wildman–Crippen MR) is 96.5 cm³/mol. The lowest BCUT2D eigenvalue weighted by molar-refractivity contribution is -0.164. The van der Waals surface area contributed by atoms with E-state index in [4.69, 9.17) is 9.47 Å². The van der Waals surface area contributed by atoms with Gasteiger partial charge < -0.3 is 19.7 Å². The van der Waals surface area contributed by atoms with Crippen molar-refractivity contribution in [1.82, 2.24) is 10.2 Å². The number of rotatable bonds is 2. The molecule has 2 fully saturated rings. The molecule has 0 spiro atoms. The molecule has 0 aliphatic carbocycles. The lowest BCUT2D eigenvalue weighted by Gasteiger charge is -2.32. The van der Waals surface area contributed by atoms with Crippen LogP contribution in [0.25, 0.3) is 0 Å². The van der Waals surface area contributed by atoms with Crippen molar-refractivity contribution in [3.63, 3.8) is 0 Å². The van der Waals surface area contributed by atoms with E-state index in [9.17, 15) is 14.4 Å². The van der Waals surface area contributed by atoms with Gasteiger partial charge in [0, 0.05) is 6.04 Å². The zero-order valence-electron chi connectivity index (χ0n) is 16.8. The fourth-order valence-electron chi connectivity index (χ4n) is 3.55. The van der Waals surface area contributed by atoms with Crippen molar-refractivity contribution in [3.8, 4) is 0 Å². The number of ether oxygens (including phenoxy) is 2. The SMILES string of the molecule is CC(C)(C)OC(=O)N[C@@H]1CCC[C@@H]2CC[C@@H](C(=O)OC(C)(C)C)N2C1=O. The van der Waals surface area contributed by atoms with Crippen LogP contribution in [0.4, 0.5) is 4.79 Å². The molecule has 2 rings (SSSR count). The average molecular weight is 368 g/mol. The first kappa shape index (κ1) is 20.5. The van der Waals surface area contributed by atoms with Crippen LogP contribution in [0.5, 0.6) is 0 Å². The Hall–Kier alpha value is -1.79. The highest BCUT2D eigenvalue weighted by molar-refractivity contribution is 5.90. The number of alkyl carbamates (subject to hydrolysis) is 1. The van der Waals surface area contributed by atoms with E-state index in [1.807, 2.05) is 20.8 Å². The third-order valence-electron chi connectivity index (χ3n) is 4.46. The fourth-order valence-corrected chi connectivity index (χ4v) is 3.55. The molecular weight excluding hydrogens is 336 g/mol. The molecule has 26 heavy (non-hydrogen) atoms. The first-order chi connectivity index (χ1) is 11.9. The first-order valence-electron chi connectivity index (χ1n) is 9.42. The number of hydrogen-bond donors (Lipinski definition) is 1. The standard InChI is InChI=1S/C19H32N2O5/c1-18(2,3)25-16(23)14-11-10-12-8-7-9-13(15(22)21(12)14)20-17(24)26-19(4,5)6/h12-14H,7-11H2,1-6H3,(H,20,24)/t12-,13-,14+/m1/s1. The molecule has 0 aromatic rings. The van der Waals surface area contributed by atoms with Crippen molar-refractivity contribution in [2.75, 3.05) is 0 Å². The van der Waals surface area contributed by atoms with Crippen molar-refractivity contribution >= 4 is 18.0 Å². The van der Waals surface area contributed by atoms with Crippen LogP contribution < -0.4 is 5.32 Å². The van der Waals surface area contributed by atoms with Crippen LogP contribution in [0.15, 0.2) is 0 Å². The third-order valence-corrected chi connectivity index (χ3v) is 4.46. The molecule has 2 heterocycles. The molecule has 2 saturated heterocycles. The van der Waals surface area contributed by atoms with Gasteiger partial charge >= 0.3 is 12.1 Å². The van der Waals surface area contributed by atoms with Crippen LogP contribution in [0.3, 0.4) is 0 Å². The van der Waals surface area contributed by atoms with Gasteiger partial charge in [0.25, 0.3) is 0 Å². The largest absolute Gasteiger partial charge is 0.458 e. The Morgan fingerprint density at radius 2 is 1.58 bits per heavy atom. The van der Waals surface area contributed by atoms with Crippen LogP contribution in [0.2, 0.25) is 0 Å². The number of hydrogen-bond acceptors (Lipinski definition) is 5. The van der Waals surface area contributed by atoms with Crippen molar-refractivity contribution in [2.45, 2.75) is 103 Å². The summed E-state index contributed by atoms with van der Waals surface area (Å²) in [6.45, 7) is 10.8. The van der Waals surface area contributed by atoms with Gasteiger partial charge in [0.1, 0.15) is 23.3 Å². The Morgan fingerprint density at radius 1 is 0.962 bits per heavy atom. The van der Waals surface area contributed by atoms with Gasteiger partial charge in [0.2, 0.25) is 5.91 Å². The summed E-state index contributed by atoms with van der Waals surface area (Å²) in [4.78, 5) is 39.3. The lowest BCUT2D eigenvalue weighted by atomic mass is 10.1. The Morgan fingerprint density at radius 3 is 2.15 bits per heavy atom. The molecule has 0 aromatic carbocycles. The predicted octanol–water partition coefficient (Wildman–Crippen LogP) is 2.76. The number of carbonyl (C=O) groups excluding carboxylic acids is 3. The molecule has 0 aromatic heterocycles. The molecule has 2 aliphatic rings. The van der Waals surface area contributed by atoms with Crippen LogP contribution >= 0.6 is 0 Å². The summed E-state index contributed by atoms with van der Waals surface area (Å²) < 4.78 is 10.8. The molecule has 148 valence electrons. The number of carbonyl (C=O) groups is 3. The number of fused-ring (bicyclic) bond motifs is 1. The minimum absolute atomic E-state index is 0.0328. The van der Waals surface area contributed by atoms with Crippen molar-refractivity contribution in [3.05, 3.63) is 0 Å². The number of amides is 2. The highest BCUT2D eigenvalue weighted by atomic mass is 16.6. The summed E-state index contributed by atoms with van der Waals surface area (Å²) in [5.41, 5.74) is -1.23. The number of nitrogens with zero attached hydrogens (tertiary/aromatic N) is 1. The lowest BCUT2D eigenvalue weighted by Crippen LogP contribution is -2.54. The van der Waals surface area contributed by atoms with Gasteiger partial charge in [0.15, 0.2) is 0 Å². The van der Waals surface area contributed by atoms with Crippen LogP contribution in [-0.2, 0) is 19.1 Å². The zero-order valence-corrected chi connectivity index (χ0v) is 16.8. The Balaban J connectivity index is 2.11. The van der Waals surface area contributed by atoms with Gasteiger partial charge in [-0.2, -0.15) is 0 Å². The molecule has 0 saturated carbocycles. The molecule has 1 N–H and O–H groups in total. The normalized spacial score (nSPS) is 26.8. The summed E-state index contributed by atoms with van der Waals surface area (Å²) in [5.74, 6) is -0.585. The first-order valence-corrected chi connectivity index (χ1v) is 9.42. The maximum atomic E-state index is 13.1. The van der Waals surface area contributed by atoms with E-state index in [0.29, 0.717) is 12.8 Å². The number of nitrogens with one attached hydrogen (secondary N) is 1. The van der Waals surface area contributed by atoms with E-state index in [-0.39, 0.29) is 17.9 Å².